The van der Waals surface area contributed by atoms with E-state index in [1.807, 2.05) is 0 Å². The van der Waals surface area contributed by atoms with Crippen LogP contribution in [0.1, 0.15) is 11.1 Å². The van der Waals surface area contributed by atoms with Gasteiger partial charge in [0.1, 0.15) is 23.3 Å². The van der Waals surface area contributed by atoms with Gasteiger partial charge in [-0.3, -0.25) is 0 Å². The standard InChI is InChI=1S/C15H13F4N/c16-12-1-2-15(19)11(7-12)9-20-4-3-10-5-13(17)8-14(18)6-10/h1-2,5-8,20H,3-4,9H2. The number of halogens is 4. The van der Waals surface area contributed by atoms with Crippen molar-refractivity contribution in [3.8, 4) is 0 Å². The minimum Gasteiger partial charge on any atom is -0.312 e. The van der Waals surface area contributed by atoms with E-state index in [-0.39, 0.29) is 12.1 Å². The van der Waals surface area contributed by atoms with Gasteiger partial charge in [-0.15, -0.1) is 0 Å². The first-order valence-electron chi connectivity index (χ1n) is 6.14. The van der Waals surface area contributed by atoms with Gasteiger partial charge >= 0.3 is 0 Å². The highest BCUT2D eigenvalue weighted by Gasteiger charge is 2.04. The van der Waals surface area contributed by atoms with Crippen molar-refractivity contribution in [3.63, 3.8) is 0 Å². The number of rotatable bonds is 5. The molecule has 0 heterocycles. The lowest BCUT2D eigenvalue weighted by Crippen LogP contribution is -2.17. The molecule has 20 heavy (non-hydrogen) atoms. The molecule has 2 rings (SSSR count). The van der Waals surface area contributed by atoms with Crippen LogP contribution in [0, 0.1) is 23.3 Å². The van der Waals surface area contributed by atoms with E-state index in [4.69, 9.17) is 0 Å². The van der Waals surface area contributed by atoms with Crippen molar-refractivity contribution in [3.05, 3.63) is 70.8 Å². The van der Waals surface area contributed by atoms with E-state index in [9.17, 15) is 17.6 Å². The Morgan fingerprint density at radius 2 is 1.50 bits per heavy atom. The van der Waals surface area contributed by atoms with Gasteiger partial charge in [0.05, 0.1) is 0 Å². The van der Waals surface area contributed by atoms with Crippen molar-refractivity contribution in [2.45, 2.75) is 13.0 Å². The van der Waals surface area contributed by atoms with Gasteiger partial charge in [0, 0.05) is 18.2 Å². The Bertz CT molecular complexity index is 578. The summed E-state index contributed by atoms with van der Waals surface area (Å²) in [6, 6.07) is 6.52. The lowest BCUT2D eigenvalue weighted by atomic mass is 10.1. The fraction of sp³-hybridized carbons (Fsp3) is 0.200. The van der Waals surface area contributed by atoms with Crippen LogP contribution in [0.25, 0.3) is 0 Å². The predicted octanol–water partition coefficient (Wildman–Crippen LogP) is 3.58. The summed E-state index contributed by atoms with van der Waals surface area (Å²) in [5.74, 6) is -2.25. The minimum atomic E-state index is -0.629. The third kappa shape index (κ3) is 4.06. The molecule has 2 aromatic rings. The van der Waals surface area contributed by atoms with Crippen molar-refractivity contribution >= 4 is 0 Å². The molecule has 0 aliphatic heterocycles. The molecular formula is C15H13F4N. The summed E-state index contributed by atoms with van der Waals surface area (Å²) in [6.45, 7) is 0.556. The van der Waals surface area contributed by atoms with E-state index in [0.29, 0.717) is 18.5 Å². The van der Waals surface area contributed by atoms with Crippen LogP contribution < -0.4 is 5.32 Å². The molecule has 1 N–H and O–H groups in total. The number of nitrogens with one attached hydrogen (secondary N) is 1. The Kier molecular flexibility index (Phi) is 4.74. The Balaban J connectivity index is 1.86. The second-order valence-electron chi connectivity index (χ2n) is 4.44. The van der Waals surface area contributed by atoms with Gasteiger partial charge in [-0.25, -0.2) is 17.6 Å². The van der Waals surface area contributed by atoms with Gasteiger partial charge in [-0.2, -0.15) is 0 Å². The van der Waals surface area contributed by atoms with Crippen LogP contribution in [0.15, 0.2) is 36.4 Å². The van der Waals surface area contributed by atoms with Crippen LogP contribution in [0.2, 0.25) is 0 Å². The largest absolute Gasteiger partial charge is 0.312 e. The molecule has 0 saturated heterocycles. The monoisotopic (exact) mass is 283 g/mol. The molecule has 0 aromatic heterocycles. The second kappa shape index (κ2) is 6.52. The zero-order valence-corrected chi connectivity index (χ0v) is 10.6. The zero-order chi connectivity index (χ0) is 14.5. The highest BCUT2D eigenvalue weighted by atomic mass is 19.1. The van der Waals surface area contributed by atoms with Crippen molar-refractivity contribution in [2.24, 2.45) is 0 Å². The highest BCUT2D eigenvalue weighted by Crippen LogP contribution is 2.10. The fourth-order valence-corrected chi connectivity index (χ4v) is 1.89. The molecule has 0 atom stereocenters. The van der Waals surface area contributed by atoms with Gasteiger partial charge in [0.25, 0.3) is 0 Å². The molecule has 0 saturated carbocycles. The van der Waals surface area contributed by atoms with Crippen molar-refractivity contribution < 1.29 is 17.6 Å². The normalized spacial score (nSPS) is 10.8. The quantitative estimate of drug-likeness (QED) is 0.653. The topological polar surface area (TPSA) is 12.0 Å². The molecule has 0 aliphatic rings. The number of hydrogen-bond acceptors (Lipinski definition) is 1. The molecule has 0 fully saturated rings. The summed E-state index contributed by atoms with van der Waals surface area (Å²) in [5.41, 5.74) is 0.727. The zero-order valence-electron chi connectivity index (χ0n) is 10.6. The molecule has 0 amide bonds. The smallest absolute Gasteiger partial charge is 0.127 e. The Morgan fingerprint density at radius 3 is 2.20 bits per heavy atom. The SMILES string of the molecule is Fc1cc(F)cc(CCNCc2cc(F)ccc2F)c1. The predicted molar refractivity (Wildman–Crippen MR) is 68.1 cm³/mol. The maximum atomic E-state index is 13.3. The summed E-state index contributed by atoms with van der Waals surface area (Å²) in [4.78, 5) is 0. The first kappa shape index (κ1) is 14.5. The Labute approximate surface area is 114 Å². The average Bonchev–Trinajstić information content (AvgIpc) is 2.37. The van der Waals surface area contributed by atoms with E-state index in [1.54, 1.807) is 0 Å². The summed E-state index contributed by atoms with van der Waals surface area (Å²) >= 11 is 0. The van der Waals surface area contributed by atoms with Crippen molar-refractivity contribution in [1.29, 1.82) is 0 Å². The minimum absolute atomic E-state index is 0.154. The third-order valence-corrected chi connectivity index (χ3v) is 2.84. The Hall–Kier alpha value is -1.88. The van der Waals surface area contributed by atoms with E-state index in [1.165, 1.54) is 12.1 Å². The van der Waals surface area contributed by atoms with Crippen LogP contribution in [0.5, 0.6) is 0 Å². The average molecular weight is 283 g/mol. The van der Waals surface area contributed by atoms with Crippen molar-refractivity contribution in [2.75, 3.05) is 6.54 Å². The van der Waals surface area contributed by atoms with Gasteiger partial charge in [0.2, 0.25) is 0 Å². The van der Waals surface area contributed by atoms with E-state index in [2.05, 4.69) is 5.32 Å². The van der Waals surface area contributed by atoms with Gasteiger partial charge in [0.15, 0.2) is 0 Å². The molecule has 1 nitrogen and oxygen atoms in total. The van der Waals surface area contributed by atoms with Crippen LogP contribution in [-0.2, 0) is 13.0 Å². The van der Waals surface area contributed by atoms with E-state index in [0.717, 1.165) is 24.3 Å². The molecule has 0 aliphatic carbocycles. The molecule has 0 spiro atoms. The first-order chi connectivity index (χ1) is 9.54. The highest BCUT2D eigenvalue weighted by molar-refractivity contribution is 5.19. The Morgan fingerprint density at radius 1 is 0.800 bits per heavy atom. The fourth-order valence-electron chi connectivity index (χ4n) is 1.89. The third-order valence-electron chi connectivity index (χ3n) is 2.84. The van der Waals surface area contributed by atoms with Crippen LogP contribution >= 0.6 is 0 Å². The first-order valence-corrected chi connectivity index (χ1v) is 6.14. The van der Waals surface area contributed by atoms with E-state index < -0.39 is 23.3 Å². The van der Waals surface area contributed by atoms with Crippen LogP contribution in [-0.4, -0.2) is 6.54 Å². The summed E-state index contributed by atoms with van der Waals surface area (Å²) in [6.07, 6.45) is 0.394. The summed E-state index contributed by atoms with van der Waals surface area (Å²) in [5, 5.41) is 2.91. The molecule has 2 aromatic carbocycles. The maximum absolute atomic E-state index is 13.3. The second-order valence-corrected chi connectivity index (χ2v) is 4.44. The molecule has 106 valence electrons. The van der Waals surface area contributed by atoms with Crippen LogP contribution in [0.3, 0.4) is 0 Å². The summed E-state index contributed by atoms with van der Waals surface area (Å²) < 4.78 is 52.1. The van der Waals surface area contributed by atoms with Crippen LogP contribution in [0.4, 0.5) is 17.6 Å². The number of hydrogen-bond donors (Lipinski definition) is 1. The lowest BCUT2D eigenvalue weighted by Gasteiger charge is -2.07. The van der Waals surface area contributed by atoms with Gasteiger partial charge in [-0.05, 0) is 48.9 Å². The molecule has 5 heteroatoms. The molecule has 0 unspecified atom stereocenters. The number of benzene rings is 2. The molecule has 0 bridgehead atoms. The van der Waals surface area contributed by atoms with E-state index >= 15 is 0 Å². The van der Waals surface area contributed by atoms with Gasteiger partial charge < -0.3 is 5.32 Å². The van der Waals surface area contributed by atoms with Gasteiger partial charge in [-0.1, -0.05) is 0 Å². The maximum Gasteiger partial charge on any atom is 0.127 e. The molecular weight excluding hydrogens is 270 g/mol. The lowest BCUT2D eigenvalue weighted by molar-refractivity contribution is 0.565. The van der Waals surface area contributed by atoms with Crippen molar-refractivity contribution in [1.82, 2.24) is 5.32 Å². The summed E-state index contributed by atoms with van der Waals surface area (Å²) in [7, 11) is 0. The molecule has 0 radical (unpaired) electrons.